The molecule has 0 unspecified atom stereocenters. The van der Waals surface area contributed by atoms with Crippen LogP contribution in [0.15, 0.2) is 42.5 Å². The summed E-state index contributed by atoms with van der Waals surface area (Å²) < 4.78 is 11.1. The molecule has 8 heteroatoms. The van der Waals surface area contributed by atoms with E-state index in [2.05, 4.69) is 10.6 Å². The van der Waals surface area contributed by atoms with Crippen molar-refractivity contribution in [3.8, 4) is 11.5 Å². The van der Waals surface area contributed by atoms with Crippen molar-refractivity contribution in [3.63, 3.8) is 0 Å². The lowest BCUT2D eigenvalue weighted by molar-refractivity contribution is -0.119. The number of halogens is 1. The molecule has 2 aromatic rings. The Hall–Kier alpha value is -2.77. The van der Waals surface area contributed by atoms with E-state index in [0.717, 1.165) is 0 Å². The molecule has 0 saturated heterocycles. The number of benzene rings is 2. The minimum absolute atomic E-state index is 0.0477. The van der Waals surface area contributed by atoms with Crippen molar-refractivity contribution in [1.29, 1.82) is 0 Å². The average molecular weight is 420 g/mol. The lowest BCUT2D eigenvalue weighted by atomic mass is 10.2. The third-order valence-corrected chi connectivity index (χ3v) is 4.13. The van der Waals surface area contributed by atoms with Crippen LogP contribution in [0.4, 0.5) is 11.4 Å². The number of nitrogens with one attached hydrogen (secondary N) is 2. The van der Waals surface area contributed by atoms with Gasteiger partial charge in [0, 0.05) is 11.8 Å². The summed E-state index contributed by atoms with van der Waals surface area (Å²) in [5.74, 6) is 0.693. The molecule has 2 amide bonds. The average Bonchev–Trinajstić information content (AvgIpc) is 2.65. The maximum atomic E-state index is 12.3. The maximum Gasteiger partial charge on any atom is 0.238 e. The molecule has 2 N–H and O–H groups in total. The predicted octanol–water partition coefficient (Wildman–Crippen LogP) is 3.65. The summed E-state index contributed by atoms with van der Waals surface area (Å²) in [4.78, 5) is 26.1. The van der Waals surface area contributed by atoms with Crippen molar-refractivity contribution in [2.75, 3.05) is 44.0 Å². The fourth-order valence-corrected chi connectivity index (χ4v) is 2.81. The van der Waals surface area contributed by atoms with Gasteiger partial charge in [0.15, 0.2) is 11.5 Å². The number of hydrogen-bond acceptors (Lipinski definition) is 5. The first kappa shape index (κ1) is 22.5. The molecule has 0 aliphatic rings. The minimum Gasteiger partial charge on any atom is -0.490 e. The van der Waals surface area contributed by atoms with Crippen LogP contribution in [0.5, 0.6) is 11.5 Å². The lowest BCUT2D eigenvalue weighted by Crippen LogP contribution is -2.36. The normalized spacial score (nSPS) is 10.5. The van der Waals surface area contributed by atoms with Crippen LogP contribution in [-0.2, 0) is 9.59 Å². The Morgan fingerprint density at radius 2 is 1.55 bits per heavy atom. The van der Waals surface area contributed by atoms with E-state index in [9.17, 15) is 9.59 Å². The van der Waals surface area contributed by atoms with Crippen molar-refractivity contribution in [1.82, 2.24) is 4.90 Å². The predicted molar refractivity (Wildman–Crippen MR) is 115 cm³/mol. The minimum atomic E-state index is -0.256. The molecule has 0 fully saturated rings. The molecule has 0 atom stereocenters. The number of para-hydroxylation sites is 1. The SMILES string of the molecule is CCOc1ccc(NC(=O)CN(C)CC(=O)Nc2ccccc2Cl)cc1OCC. The summed E-state index contributed by atoms with van der Waals surface area (Å²) in [6, 6.07) is 12.2. The van der Waals surface area contributed by atoms with Gasteiger partial charge in [-0.25, -0.2) is 0 Å². The number of likely N-dealkylation sites (N-methyl/N-ethyl adjacent to an activating group) is 1. The van der Waals surface area contributed by atoms with Crippen molar-refractivity contribution in [3.05, 3.63) is 47.5 Å². The molecule has 0 aromatic heterocycles. The number of ether oxygens (including phenoxy) is 2. The maximum absolute atomic E-state index is 12.3. The highest BCUT2D eigenvalue weighted by molar-refractivity contribution is 6.33. The third-order valence-electron chi connectivity index (χ3n) is 3.80. The number of hydrogen-bond donors (Lipinski definition) is 2. The van der Waals surface area contributed by atoms with Gasteiger partial charge in [-0.2, -0.15) is 0 Å². The molecule has 0 bridgehead atoms. The van der Waals surface area contributed by atoms with Crippen molar-refractivity contribution < 1.29 is 19.1 Å². The Morgan fingerprint density at radius 3 is 2.21 bits per heavy atom. The number of carbonyl (C=O) groups is 2. The van der Waals surface area contributed by atoms with E-state index in [1.54, 1.807) is 54.4 Å². The van der Waals surface area contributed by atoms with Gasteiger partial charge in [-0.3, -0.25) is 14.5 Å². The monoisotopic (exact) mass is 419 g/mol. The molecule has 7 nitrogen and oxygen atoms in total. The second-order valence-electron chi connectivity index (χ2n) is 6.28. The van der Waals surface area contributed by atoms with Crippen LogP contribution in [0.25, 0.3) is 0 Å². The summed E-state index contributed by atoms with van der Waals surface area (Å²) in [6.45, 7) is 4.87. The van der Waals surface area contributed by atoms with E-state index in [4.69, 9.17) is 21.1 Å². The van der Waals surface area contributed by atoms with Gasteiger partial charge in [0.25, 0.3) is 0 Å². The smallest absolute Gasteiger partial charge is 0.238 e. The van der Waals surface area contributed by atoms with Gasteiger partial charge >= 0.3 is 0 Å². The fraction of sp³-hybridized carbons (Fsp3) is 0.333. The van der Waals surface area contributed by atoms with Gasteiger partial charge in [-0.05, 0) is 45.2 Å². The van der Waals surface area contributed by atoms with Crippen molar-refractivity contribution in [2.24, 2.45) is 0 Å². The van der Waals surface area contributed by atoms with Gasteiger partial charge in [-0.1, -0.05) is 23.7 Å². The standard InChI is InChI=1S/C21H26ClN3O4/c1-4-28-18-11-10-15(12-19(18)29-5-2)23-20(26)13-25(3)14-21(27)24-17-9-7-6-8-16(17)22/h6-12H,4-5,13-14H2,1-3H3,(H,23,26)(H,24,27). The zero-order valence-corrected chi connectivity index (χ0v) is 17.6. The van der Waals surface area contributed by atoms with E-state index >= 15 is 0 Å². The first-order valence-corrected chi connectivity index (χ1v) is 9.73. The zero-order chi connectivity index (χ0) is 21.2. The fourth-order valence-electron chi connectivity index (χ4n) is 2.63. The first-order chi connectivity index (χ1) is 13.9. The number of rotatable bonds is 10. The highest BCUT2D eigenvalue weighted by Crippen LogP contribution is 2.30. The molecule has 0 heterocycles. The van der Waals surface area contributed by atoms with E-state index < -0.39 is 0 Å². The van der Waals surface area contributed by atoms with Crippen LogP contribution < -0.4 is 20.1 Å². The molecule has 2 aromatic carbocycles. The van der Waals surface area contributed by atoms with Gasteiger partial charge < -0.3 is 20.1 Å². The molecule has 0 aliphatic carbocycles. The molecule has 29 heavy (non-hydrogen) atoms. The Labute approximate surface area is 175 Å². The molecule has 0 spiro atoms. The summed E-state index contributed by atoms with van der Waals surface area (Å²) in [5.41, 5.74) is 1.13. The Bertz CT molecular complexity index is 844. The Morgan fingerprint density at radius 1 is 0.931 bits per heavy atom. The van der Waals surface area contributed by atoms with Crippen LogP contribution in [0.1, 0.15) is 13.8 Å². The van der Waals surface area contributed by atoms with Gasteiger partial charge in [0.05, 0.1) is 37.0 Å². The molecular formula is C21H26ClN3O4. The van der Waals surface area contributed by atoms with Crippen LogP contribution in [-0.4, -0.2) is 50.1 Å². The van der Waals surface area contributed by atoms with E-state index in [-0.39, 0.29) is 24.9 Å². The van der Waals surface area contributed by atoms with E-state index in [1.807, 2.05) is 13.8 Å². The Kier molecular flexibility index (Phi) is 8.76. The molecule has 0 radical (unpaired) electrons. The van der Waals surface area contributed by atoms with Gasteiger partial charge in [0.1, 0.15) is 0 Å². The van der Waals surface area contributed by atoms with Gasteiger partial charge in [0.2, 0.25) is 11.8 Å². The molecule has 0 saturated carbocycles. The quantitative estimate of drug-likeness (QED) is 0.614. The van der Waals surface area contributed by atoms with Crippen LogP contribution >= 0.6 is 11.6 Å². The molecular weight excluding hydrogens is 394 g/mol. The number of carbonyl (C=O) groups excluding carboxylic acids is 2. The zero-order valence-electron chi connectivity index (χ0n) is 16.8. The summed E-state index contributed by atoms with van der Waals surface area (Å²) in [5, 5.41) is 5.99. The summed E-state index contributed by atoms with van der Waals surface area (Å²) in [6.07, 6.45) is 0. The molecule has 2 rings (SSSR count). The van der Waals surface area contributed by atoms with Crippen LogP contribution in [0, 0.1) is 0 Å². The summed E-state index contributed by atoms with van der Waals surface area (Å²) in [7, 11) is 1.69. The van der Waals surface area contributed by atoms with Gasteiger partial charge in [-0.15, -0.1) is 0 Å². The highest BCUT2D eigenvalue weighted by Gasteiger charge is 2.13. The second-order valence-corrected chi connectivity index (χ2v) is 6.68. The third kappa shape index (κ3) is 7.29. The van der Waals surface area contributed by atoms with Crippen LogP contribution in [0.3, 0.4) is 0 Å². The summed E-state index contributed by atoms with van der Waals surface area (Å²) >= 11 is 6.03. The second kappa shape index (κ2) is 11.3. The van der Waals surface area contributed by atoms with E-state index in [0.29, 0.717) is 41.1 Å². The van der Waals surface area contributed by atoms with Crippen molar-refractivity contribution >= 4 is 34.8 Å². The van der Waals surface area contributed by atoms with Crippen molar-refractivity contribution in [2.45, 2.75) is 13.8 Å². The topological polar surface area (TPSA) is 79.9 Å². The highest BCUT2D eigenvalue weighted by atomic mass is 35.5. The lowest BCUT2D eigenvalue weighted by Gasteiger charge is -2.17. The molecule has 156 valence electrons. The van der Waals surface area contributed by atoms with Crippen LogP contribution in [0.2, 0.25) is 5.02 Å². The first-order valence-electron chi connectivity index (χ1n) is 9.35. The number of nitrogens with zero attached hydrogens (tertiary/aromatic N) is 1. The Balaban J connectivity index is 1.88. The number of amides is 2. The number of anilines is 2. The molecule has 0 aliphatic heterocycles. The largest absolute Gasteiger partial charge is 0.490 e. The van der Waals surface area contributed by atoms with E-state index in [1.165, 1.54) is 0 Å².